The van der Waals surface area contributed by atoms with E-state index in [0.29, 0.717) is 18.0 Å². The fourth-order valence-corrected chi connectivity index (χ4v) is 3.11. The third kappa shape index (κ3) is 3.76. The number of amides is 1. The van der Waals surface area contributed by atoms with Crippen molar-refractivity contribution in [2.75, 3.05) is 38.7 Å². The molecule has 1 aromatic heterocycles. The number of rotatable bonds is 6. The molecule has 2 aromatic rings. The largest absolute Gasteiger partial charge is 0.497 e. The third-order valence-electron chi connectivity index (χ3n) is 4.32. The van der Waals surface area contributed by atoms with Crippen LogP contribution in [0.15, 0.2) is 18.2 Å². The normalized spacial score (nSPS) is 14.6. The minimum atomic E-state index is -0.492. The highest BCUT2D eigenvalue weighted by molar-refractivity contribution is 6.11. The van der Waals surface area contributed by atoms with Crippen molar-refractivity contribution in [3.8, 4) is 5.75 Å². The molecule has 0 radical (unpaired) electrons. The van der Waals surface area contributed by atoms with Crippen LogP contribution in [0.4, 0.5) is 5.69 Å². The van der Waals surface area contributed by atoms with Crippen LogP contribution >= 0.6 is 0 Å². The average Bonchev–Trinajstić information content (AvgIpc) is 3.23. The van der Waals surface area contributed by atoms with Crippen molar-refractivity contribution in [2.24, 2.45) is 0 Å². The van der Waals surface area contributed by atoms with E-state index in [0.717, 1.165) is 36.8 Å². The molecule has 0 spiro atoms. The molecular formula is C18H23N3O4. The summed E-state index contributed by atoms with van der Waals surface area (Å²) in [6, 6.07) is 5.40. The predicted octanol–water partition coefficient (Wildman–Crippen LogP) is 2.39. The summed E-state index contributed by atoms with van der Waals surface area (Å²) < 4.78 is 10.4. The summed E-state index contributed by atoms with van der Waals surface area (Å²) in [5.74, 6) is 0.0160. The van der Waals surface area contributed by atoms with Crippen LogP contribution in [0.2, 0.25) is 0 Å². The second kappa shape index (κ2) is 7.57. The van der Waals surface area contributed by atoms with Crippen molar-refractivity contribution in [1.29, 1.82) is 0 Å². The number of nitrogens with one attached hydrogen (secondary N) is 2. The first kappa shape index (κ1) is 17.3. The van der Waals surface area contributed by atoms with Crippen LogP contribution in [0.5, 0.6) is 5.75 Å². The number of nitrogens with zero attached hydrogens (tertiary/aromatic N) is 1. The number of aromatic nitrogens is 1. The van der Waals surface area contributed by atoms with Gasteiger partial charge in [0.1, 0.15) is 11.4 Å². The van der Waals surface area contributed by atoms with Gasteiger partial charge in [-0.05, 0) is 51.1 Å². The number of H-pyrrole nitrogens is 1. The first-order valence-electron chi connectivity index (χ1n) is 8.51. The van der Waals surface area contributed by atoms with E-state index in [9.17, 15) is 9.59 Å². The lowest BCUT2D eigenvalue weighted by Crippen LogP contribution is -2.31. The Morgan fingerprint density at radius 1 is 1.28 bits per heavy atom. The first-order valence-corrected chi connectivity index (χ1v) is 8.51. The number of aromatic amines is 1. The summed E-state index contributed by atoms with van der Waals surface area (Å²) in [4.78, 5) is 29.9. The van der Waals surface area contributed by atoms with Gasteiger partial charge < -0.3 is 19.8 Å². The SMILES string of the molecule is CCOC(=O)c1[nH]c2ccc(OC)cc2c1NC(=O)CN1CCCC1. The molecule has 25 heavy (non-hydrogen) atoms. The number of likely N-dealkylation sites (tertiary alicyclic amines) is 1. The molecule has 3 rings (SSSR count). The Labute approximate surface area is 146 Å². The second-order valence-electron chi connectivity index (χ2n) is 6.04. The Kier molecular flexibility index (Phi) is 5.23. The molecule has 7 nitrogen and oxygen atoms in total. The van der Waals surface area contributed by atoms with E-state index in [1.165, 1.54) is 0 Å². The minimum absolute atomic E-state index is 0.142. The first-order chi connectivity index (χ1) is 12.1. The number of carbonyl (C=O) groups is 2. The summed E-state index contributed by atoms with van der Waals surface area (Å²) in [7, 11) is 1.58. The van der Waals surface area contributed by atoms with E-state index >= 15 is 0 Å². The monoisotopic (exact) mass is 345 g/mol. The molecule has 134 valence electrons. The van der Waals surface area contributed by atoms with Gasteiger partial charge in [0.2, 0.25) is 5.91 Å². The van der Waals surface area contributed by atoms with Gasteiger partial charge >= 0.3 is 5.97 Å². The molecule has 0 saturated carbocycles. The van der Waals surface area contributed by atoms with E-state index < -0.39 is 5.97 Å². The number of fused-ring (bicyclic) bond motifs is 1. The van der Waals surface area contributed by atoms with Gasteiger partial charge in [0, 0.05) is 10.9 Å². The van der Waals surface area contributed by atoms with Crippen molar-refractivity contribution >= 4 is 28.5 Å². The van der Waals surface area contributed by atoms with Crippen LogP contribution in [-0.4, -0.2) is 55.1 Å². The summed E-state index contributed by atoms with van der Waals surface area (Å²) in [5, 5.41) is 3.60. The Morgan fingerprint density at radius 2 is 2.04 bits per heavy atom. The molecule has 1 amide bonds. The molecular weight excluding hydrogens is 322 g/mol. The number of benzene rings is 1. The average molecular weight is 345 g/mol. The molecule has 0 aliphatic carbocycles. The third-order valence-corrected chi connectivity index (χ3v) is 4.32. The standard InChI is InChI=1S/C18H23N3O4/c1-3-25-18(23)17-16(20-15(22)11-21-8-4-5-9-21)13-10-12(24-2)6-7-14(13)19-17/h6-7,10,19H,3-5,8-9,11H2,1-2H3,(H,20,22). The van der Waals surface area contributed by atoms with Gasteiger partial charge in [-0.2, -0.15) is 0 Å². The number of anilines is 1. The Bertz CT molecular complexity index is 778. The Balaban J connectivity index is 1.92. The van der Waals surface area contributed by atoms with Crippen LogP contribution in [-0.2, 0) is 9.53 Å². The number of carbonyl (C=O) groups excluding carboxylic acids is 2. The Morgan fingerprint density at radius 3 is 2.72 bits per heavy atom. The number of hydrogen-bond donors (Lipinski definition) is 2. The summed E-state index contributed by atoms with van der Waals surface area (Å²) in [6.07, 6.45) is 2.23. The fraction of sp³-hybridized carbons (Fsp3) is 0.444. The van der Waals surface area contributed by atoms with Crippen LogP contribution in [0.25, 0.3) is 10.9 Å². The van der Waals surface area contributed by atoms with E-state index in [2.05, 4.69) is 15.2 Å². The van der Waals surface area contributed by atoms with Crippen LogP contribution in [0, 0.1) is 0 Å². The van der Waals surface area contributed by atoms with Crippen LogP contribution < -0.4 is 10.1 Å². The molecule has 0 bridgehead atoms. The van der Waals surface area contributed by atoms with E-state index in [1.54, 1.807) is 26.2 Å². The predicted molar refractivity (Wildman–Crippen MR) is 95.1 cm³/mol. The van der Waals surface area contributed by atoms with Crippen molar-refractivity contribution in [2.45, 2.75) is 19.8 Å². The number of methoxy groups -OCH3 is 1. The van der Waals surface area contributed by atoms with Gasteiger partial charge in [-0.25, -0.2) is 4.79 Å². The van der Waals surface area contributed by atoms with Gasteiger partial charge in [-0.1, -0.05) is 0 Å². The fourth-order valence-electron chi connectivity index (χ4n) is 3.11. The molecule has 0 atom stereocenters. The van der Waals surface area contributed by atoms with E-state index in [4.69, 9.17) is 9.47 Å². The van der Waals surface area contributed by atoms with Crippen molar-refractivity contribution < 1.29 is 19.1 Å². The number of hydrogen-bond acceptors (Lipinski definition) is 5. The quantitative estimate of drug-likeness (QED) is 0.786. The lowest BCUT2D eigenvalue weighted by Gasteiger charge is -2.14. The molecule has 1 aliphatic heterocycles. The highest BCUT2D eigenvalue weighted by Gasteiger charge is 2.22. The topological polar surface area (TPSA) is 83.7 Å². The van der Waals surface area contributed by atoms with Gasteiger partial charge in [-0.3, -0.25) is 9.69 Å². The van der Waals surface area contributed by atoms with Crippen molar-refractivity contribution in [3.63, 3.8) is 0 Å². The number of ether oxygens (including phenoxy) is 2. The van der Waals surface area contributed by atoms with Gasteiger partial charge in [-0.15, -0.1) is 0 Å². The maximum atomic E-state index is 12.4. The maximum Gasteiger partial charge on any atom is 0.356 e. The molecule has 2 heterocycles. The zero-order valence-electron chi connectivity index (χ0n) is 14.6. The zero-order chi connectivity index (χ0) is 17.8. The van der Waals surface area contributed by atoms with E-state index in [-0.39, 0.29) is 18.2 Å². The second-order valence-corrected chi connectivity index (χ2v) is 6.04. The molecule has 1 aromatic carbocycles. The smallest absolute Gasteiger partial charge is 0.356 e. The van der Waals surface area contributed by atoms with E-state index in [1.807, 2.05) is 6.07 Å². The number of esters is 1. The van der Waals surface area contributed by atoms with Crippen molar-refractivity contribution in [3.05, 3.63) is 23.9 Å². The maximum absolute atomic E-state index is 12.4. The molecule has 1 aliphatic rings. The molecule has 2 N–H and O–H groups in total. The van der Waals surface area contributed by atoms with Gasteiger partial charge in [0.15, 0.2) is 0 Å². The molecule has 0 unspecified atom stereocenters. The lowest BCUT2D eigenvalue weighted by molar-refractivity contribution is -0.117. The van der Waals surface area contributed by atoms with Crippen LogP contribution in [0.3, 0.4) is 0 Å². The Hall–Kier alpha value is -2.54. The summed E-state index contributed by atoms with van der Waals surface area (Å²) >= 11 is 0. The zero-order valence-corrected chi connectivity index (χ0v) is 14.6. The highest BCUT2D eigenvalue weighted by atomic mass is 16.5. The van der Waals surface area contributed by atoms with Crippen molar-refractivity contribution in [1.82, 2.24) is 9.88 Å². The van der Waals surface area contributed by atoms with Gasteiger partial charge in [0.05, 0.1) is 25.9 Å². The lowest BCUT2D eigenvalue weighted by atomic mass is 10.2. The molecule has 1 fully saturated rings. The summed E-state index contributed by atoms with van der Waals surface area (Å²) in [5.41, 5.74) is 1.43. The highest BCUT2D eigenvalue weighted by Crippen LogP contribution is 2.31. The minimum Gasteiger partial charge on any atom is -0.497 e. The molecule has 1 saturated heterocycles. The van der Waals surface area contributed by atoms with Crippen LogP contribution in [0.1, 0.15) is 30.3 Å². The van der Waals surface area contributed by atoms with Gasteiger partial charge in [0.25, 0.3) is 0 Å². The molecule has 7 heteroatoms. The summed E-state index contributed by atoms with van der Waals surface area (Å²) in [6.45, 7) is 4.19.